The molecule has 1 aliphatic heterocycles. The Labute approximate surface area is 159 Å². The maximum Gasteiger partial charge on any atom is 0.276 e. The largest absolute Gasteiger partial charge is 0.337 e. The van der Waals surface area contributed by atoms with Gasteiger partial charge in [0.15, 0.2) is 5.69 Å². The van der Waals surface area contributed by atoms with E-state index in [1.54, 1.807) is 10.9 Å². The minimum Gasteiger partial charge on any atom is -0.337 e. The van der Waals surface area contributed by atoms with E-state index in [0.717, 1.165) is 25.9 Å². The van der Waals surface area contributed by atoms with Crippen molar-refractivity contribution in [3.8, 4) is 0 Å². The molecule has 1 aromatic heterocycles. The molecule has 2 heterocycles. The summed E-state index contributed by atoms with van der Waals surface area (Å²) < 4.78 is 1.74. The number of nitrogens with zero attached hydrogens (tertiary/aromatic N) is 4. The number of benzene rings is 2. The fourth-order valence-electron chi connectivity index (χ4n) is 3.76. The Morgan fingerprint density at radius 3 is 2.70 bits per heavy atom. The average molecular weight is 360 g/mol. The molecule has 1 amide bonds. The molecule has 1 fully saturated rings. The summed E-state index contributed by atoms with van der Waals surface area (Å²) >= 11 is 0. The summed E-state index contributed by atoms with van der Waals surface area (Å²) in [5, 5.41) is 8.30. The molecular formula is C22H24N4O. The molecule has 0 radical (unpaired) electrons. The lowest BCUT2D eigenvalue weighted by molar-refractivity contribution is 0.0701. The fourth-order valence-corrected chi connectivity index (χ4v) is 3.76. The number of aromatic nitrogens is 3. The summed E-state index contributed by atoms with van der Waals surface area (Å²) in [4.78, 5) is 14.8. The topological polar surface area (TPSA) is 51.0 Å². The van der Waals surface area contributed by atoms with E-state index in [1.165, 1.54) is 16.7 Å². The van der Waals surface area contributed by atoms with Gasteiger partial charge in [-0.25, -0.2) is 4.68 Å². The first kappa shape index (κ1) is 17.5. The van der Waals surface area contributed by atoms with Gasteiger partial charge in [-0.15, -0.1) is 5.10 Å². The van der Waals surface area contributed by atoms with E-state index < -0.39 is 0 Å². The summed E-state index contributed by atoms with van der Waals surface area (Å²) in [7, 11) is 0. The lowest BCUT2D eigenvalue weighted by Crippen LogP contribution is -2.39. The van der Waals surface area contributed by atoms with Crippen LogP contribution in [-0.2, 0) is 6.54 Å². The SMILES string of the molecule is Cc1ccccc1Cn1cc(C(=O)N2CCC[C@@H](c3ccccc3)C2)nn1. The summed E-state index contributed by atoms with van der Waals surface area (Å²) in [5.41, 5.74) is 4.13. The van der Waals surface area contributed by atoms with Gasteiger partial charge in [-0.3, -0.25) is 4.79 Å². The molecule has 1 saturated heterocycles. The Morgan fingerprint density at radius 1 is 1.11 bits per heavy atom. The zero-order valence-corrected chi connectivity index (χ0v) is 15.6. The molecule has 27 heavy (non-hydrogen) atoms. The highest BCUT2D eigenvalue weighted by Crippen LogP contribution is 2.27. The van der Waals surface area contributed by atoms with Crippen molar-refractivity contribution in [1.82, 2.24) is 19.9 Å². The van der Waals surface area contributed by atoms with Crippen LogP contribution in [0.4, 0.5) is 0 Å². The zero-order valence-electron chi connectivity index (χ0n) is 15.6. The summed E-state index contributed by atoms with van der Waals surface area (Å²) in [6, 6.07) is 18.7. The van der Waals surface area contributed by atoms with Gasteiger partial charge in [0.25, 0.3) is 5.91 Å². The molecular weight excluding hydrogens is 336 g/mol. The van der Waals surface area contributed by atoms with Crippen LogP contribution in [0.25, 0.3) is 0 Å². The number of hydrogen-bond donors (Lipinski definition) is 0. The molecule has 2 aromatic carbocycles. The number of carbonyl (C=O) groups excluding carboxylic acids is 1. The fraction of sp³-hybridized carbons (Fsp3) is 0.318. The second-order valence-corrected chi connectivity index (χ2v) is 7.23. The zero-order chi connectivity index (χ0) is 18.6. The van der Waals surface area contributed by atoms with E-state index in [1.807, 2.05) is 23.1 Å². The van der Waals surface area contributed by atoms with Crippen molar-refractivity contribution in [2.75, 3.05) is 13.1 Å². The lowest BCUT2D eigenvalue weighted by atomic mass is 9.90. The highest BCUT2D eigenvalue weighted by molar-refractivity contribution is 5.92. The number of rotatable bonds is 4. The third-order valence-corrected chi connectivity index (χ3v) is 5.33. The molecule has 3 aromatic rings. The first-order valence-corrected chi connectivity index (χ1v) is 9.49. The second-order valence-electron chi connectivity index (χ2n) is 7.23. The van der Waals surface area contributed by atoms with Crippen LogP contribution < -0.4 is 0 Å². The van der Waals surface area contributed by atoms with E-state index in [2.05, 4.69) is 53.6 Å². The highest BCUT2D eigenvalue weighted by Gasteiger charge is 2.27. The van der Waals surface area contributed by atoms with Crippen molar-refractivity contribution in [3.05, 3.63) is 83.2 Å². The molecule has 5 nitrogen and oxygen atoms in total. The first-order valence-electron chi connectivity index (χ1n) is 9.49. The minimum absolute atomic E-state index is 0.0216. The van der Waals surface area contributed by atoms with Crippen molar-refractivity contribution < 1.29 is 4.79 Å². The van der Waals surface area contributed by atoms with Gasteiger partial charge in [0, 0.05) is 19.0 Å². The number of amides is 1. The molecule has 0 unspecified atom stereocenters. The smallest absolute Gasteiger partial charge is 0.276 e. The number of hydrogen-bond acceptors (Lipinski definition) is 3. The maximum atomic E-state index is 12.9. The predicted octanol–water partition coefficient (Wildman–Crippen LogP) is 3.65. The summed E-state index contributed by atoms with van der Waals surface area (Å²) in [5.74, 6) is 0.373. The van der Waals surface area contributed by atoms with E-state index in [4.69, 9.17) is 0 Å². The van der Waals surface area contributed by atoms with Gasteiger partial charge >= 0.3 is 0 Å². The van der Waals surface area contributed by atoms with Crippen molar-refractivity contribution in [1.29, 1.82) is 0 Å². The number of carbonyl (C=O) groups is 1. The average Bonchev–Trinajstić information content (AvgIpc) is 3.18. The van der Waals surface area contributed by atoms with Gasteiger partial charge in [-0.05, 0) is 36.5 Å². The molecule has 4 rings (SSSR count). The van der Waals surface area contributed by atoms with Crippen LogP contribution in [0.5, 0.6) is 0 Å². The third-order valence-electron chi connectivity index (χ3n) is 5.33. The first-order chi connectivity index (χ1) is 13.2. The predicted molar refractivity (Wildman–Crippen MR) is 105 cm³/mol. The van der Waals surface area contributed by atoms with E-state index in [0.29, 0.717) is 18.2 Å². The van der Waals surface area contributed by atoms with Crippen LogP contribution in [0.3, 0.4) is 0 Å². The van der Waals surface area contributed by atoms with Gasteiger partial charge in [-0.1, -0.05) is 59.8 Å². The summed E-state index contributed by atoms with van der Waals surface area (Å²) in [6.45, 7) is 4.23. The quantitative estimate of drug-likeness (QED) is 0.713. The molecule has 1 aliphatic rings. The minimum atomic E-state index is -0.0216. The Balaban J connectivity index is 1.45. The van der Waals surface area contributed by atoms with E-state index in [9.17, 15) is 4.79 Å². The maximum absolute atomic E-state index is 12.9. The summed E-state index contributed by atoms with van der Waals surface area (Å²) in [6.07, 6.45) is 3.90. The van der Waals surface area contributed by atoms with Crippen LogP contribution in [0, 0.1) is 6.92 Å². The molecule has 0 saturated carbocycles. The van der Waals surface area contributed by atoms with Gasteiger partial charge in [0.05, 0.1) is 12.7 Å². The van der Waals surface area contributed by atoms with Crippen LogP contribution >= 0.6 is 0 Å². The highest BCUT2D eigenvalue weighted by atomic mass is 16.2. The van der Waals surface area contributed by atoms with Crippen LogP contribution in [0.2, 0.25) is 0 Å². The van der Waals surface area contributed by atoms with Gasteiger partial charge < -0.3 is 4.90 Å². The van der Waals surface area contributed by atoms with E-state index in [-0.39, 0.29) is 5.91 Å². The molecule has 1 atom stereocenters. The van der Waals surface area contributed by atoms with Gasteiger partial charge in [0.1, 0.15) is 0 Å². The number of aryl methyl sites for hydroxylation is 1. The second kappa shape index (κ2) is 7.74. The normalized spacial score (nSPS) is 17.1. The standard InChI is InChI=1S/C22H24N4O/c1-17-8-5-6-11-19(17)15-26-16-21(23-24-26)22(27)25-13-7-12-20(14-25)18-9-3-2-4-10-18/h2-6,8-11,16,20H,7,12-15H2,1H3/t20-/m1/s1. The van der Waals surface area contributed by atoms with Crippen molar-refractivity contribution in [2.45, 2.75) is 32.2 Å². The molecule has 0 aliphatic carbocycles. The Bertz CT molecular complexity index is 919. The Morgan fingerprint density at radius 2 is 1.89 bits per heavy atom. The van der Waals surface area contributed by atoms with Crippen LogP contribution in [0.1, 0.15) is 45.9 Å². The molecule has 0 N–H and O–H groups in total. The van der Waals surface area contributed by atoms with Crippen molar-refractivity contribution >= 4 is 5.91 Å². The number of likely N-dealkylation sites (tertiary alicyclic amines) is 1. The Hall–Kier alpha value is -2.95. The molecule has 138 valence electrons. The number of piperidine rings is 1. The van der Waals surface area contributed by atoms with E-state index >= 15 is 0 Å². The molecule has 0 bridgehead atoms. The van der Waals surface area contributed by atoms with Crippen LogP contribution in [-0.4, -0.2) is 38.9 Å². The van der Waals surface area contributed by atoms with Gasteiger partial charge in [0.2, 0.25) is 0 Å². The Kier molecular flexibility index (Phi) is 5.01. The third kappa shape index (κ3) is 3.92. The van der Waals surface area contributed by atoms with Crippen molar-refractivity contribution in [2.24, 2.45) is 0 Å². The van der Waals surface area contributed by atoms with Crippen molar-refractivity contribution in [3.63, 3.8) is 0 Å². The molecule has 5 heteroatoms. The monoisotopic (exact) mass is 360 g/mol. The molecule has 0 spiro atoms. The van der Waals surface area contributed by atoms with Gasteiger partial charge in [-0.2, -0.15) is 0 Å². The lowest BCUT2D eigenvalue weighted by Gasteiger charge is -2.32. The van der Waals surface area contributed by atoms with Crippen LogP contribution in [0.15, 0.2) is 60.8 Å².